The Morgan fingerprint density at radius 2 is 1.92 bits per heavy atom. The Kier molecular flexibility index (Phi) is 5.18. The van der Waals surface area contributed by atoms with Crippen molar-refractivity contribution < 1.29 is 14.3 Å². The van der Waals surface area contributed by atoms with Gasteiger partial charge >= 0.3 is 0 Å². The van der Waals surface area contributed by atoms with Crippen molar-refractivity contribution in [3.63, 3.8) is 0 Å². The van der Waals surface area contributed by atoms with Crippen LogP contribution in [0, 0.1) is 0 Å². The van der Waals surface area contributed by atoms with Crippen LogP contribution >= 0.6 is 0 Å². The number of amides is 2. The van der Waals surface area contributed by atoms with Crippen LogP contribution < -0.4 is 5.32 Å². The van der Waals surface area contributed by atoms with Crippen molar-refractivity contribution in [1.82, 2.24) is 15.2 Å². The normalized spacial score (nSPS) is 17.6. The second kappa shape index (κ2) is 7.70. The summed E-state index contributed by atoms with van der Waals surface area (Å²) in [6.07, 6.45) is 3.35. The molecule has 1 atom stereocenters. The van der Waals surface area contributed by atoms with E-state index in [0.717, 1.165) is 11.1 Å². The zero-order valence-electron chi connectivity index (χ0n) is 13.2. The van der Waals surface area contributed by atoms with Gasteiger partial charge in [0.05, 0.1) is 6.61 Å². The van der Waals surface area contributed by atoms with Crippen LogP contribution in [0.3, 0.4) is 0 Å². The van der Waals surface area contributed by atoms with E-state index in [0.29, 0.717) is 13.1 Å². The van der Waals surface area contributed by atoms with E-state index in [2.05, 4.69) is 10.3 Å². The van der Waals surface area contributed by atoms with Gasteiger partial charge in [-0.25, -0.2) is 0 Å². The summed E-state index contributed by atoms with van der Waals surface area (Å²) in [5, 5.41) is 2.86. The van der Waals surface area contributed by atoms with E-state index in [4.69, 9.17) is 4.74 Å². The molecule has 0 radical (unpaired) electrons. The maximum absolute atomic E-state index is 12.5. The van der Waals surface area contributed by atoms with Crippen LogP contribution in [0.15, 0.2) is 54.9 Å². The first-order valence-corrected chi connectivity index (χ1v) is 7.82. The molecule has 0 bridgehead atoms. The lowest BCUT2D eigenvalue weighted by atomic mass is 10.1. The first-order chi connectivity index (χ1) is 11.7. The molecule has 0 unspecified atom stereocenters. The molecule has 6 heteroatoms. The maximum Gasteiger partial charge on any atom is 0.249 e. The van der Waals surface area contributed by atoms with Gasteiger partial charge in [-0.1, -0.05) is 30.3 Å². The highest BCUT2D eigenvalue weighted by Crippen LogP contribution is 2.14. The largest absolute Gasteiger partial charge is 0.369 e. The molecule has 24 heavy (non-hydrogen) atoms. The number of morpholine rings is 1. The molecule has 2 amide bonds. The van der Waals surface area contributed by atoms with Crippen LogP contribution in [-0.2, 0) is 27.4 Å². The molecular weight excluding hydrogens is 306 g/mol. The van der Waals surface area contributed by atoms with E-state index < -0.39 is 6.04 Å². The zero-order valence-corrected chi connectivity index (χ0v) is 13.2. The summed E-state index contributed by atoms with van der Waals surface area (Å²) in [5.74, 6) is -0.384. The first-order valence-electron chi connectivity index (χ1n) is 7.82. The zero-order chi connectivity index (χ0) is 16.8. The third-order valence-corrected chi connectivity index (χ3v) is 3.91. The van der Waals surface area contributed by atoms with E-state index in [1.54, 1.807) is 17.3 Å². The molecule has 0 aliphatic carbocycles. The molecule has 6 nitrogen and oxygen atoms in total. The number of pyridine rings is 1. The number of benzene rings is 1. The van der Waals surface area contributed by atoms with Gasteiger partial charge in [0.2, 0.25) is 11.8 Å². The lowest BCUT2D eigenvalue weighted by Crippen LogP contribution is -2.55. The van der Waals surface area contributed by atoms with Crippen molar-refractivity contribution >= 4 is 11.8 Å². The van der Waals surface area contributed by atoms with Crippen LogP contribution in [0.5, 0.6) is 0 Å². The van der Waals surface area contributed by atoms with E-state index in [1.807, 2.05) is 42.5 Å². The van der Waals surface area contributed by atoms with Gasteiger partial charge in [0.25, 0.3) is 0 Å². The van der Waals surface area contributed by atoms with Gasteiger partial charge in [0.15, 0.2) is 0 Å². The molecule has 1 aromatic carbocycles. The number of nitrogens with zero attached hydrogens (tertiary/aromatic N) is 2. The fourth-order valence-electron chi connectivity index (χ4n) is 2.61. The Morgan fingerprint density at radius 3 is 2.67 bits per heavy atom. The van der Waals surface area contributed by atoms with Gasteiger partial charge in [0.1, 0.15) is 12.6 Å². The minimum Gasteiger partial charge on any atom is -0.369 e. The van der Waals surface area contributed by atoms with E-state index in [1.165, 1.54) is 0 Å². The van der Waals surface area contributed by atoms with Gasteiger partial charge in [-0.3, -0.25) is 14.6 Å². The Balaban J connectivity index is 1.66. The number of rotatable bonds is 5. The summed E-state index contributed by atoms with van der Waals surface area (Å²) >= 11 is 0. The lowest BCUT2D eigenvalue weighted by molar-refractivity contribution is -0.155. The Labute approximate surface area is 140 Å². The summed E-state index contributed by atoms with van der Waals surface area (Å²) < 4.78 is 5.27. The van der Waals surface area contributed by atoms with Gasteiger partial charge in [-0.05, 0) is 23.3 Å². The van der Waals surface area contributed by atoms with Crippen molar-refractivity contribution in [2.24, 2.45) is 0 Å². The molecule has 2 heterocycles. The van der Waals surface area contributed by atoms with E-state index in [9.17, 15) is 9.59 Å². The molecular formula is C18H19N3O3. The topological polar surface area (TPSA) is 71.5 Å². The van der Waals surface area contributed by atoms with E-state index in [-0.39, 0.29) is 25.0 Å². The van der Waals surface area contributed by atoms with Crippen LogP contribution in [0.1, 0.15) is 11.1 Å². The van der Waals surface area contributed by atoms with E-state index >= 15 is 0 Å². The summed E-state index contributed by atoms with van der Waals surface area (Å²) in [4.78, 5) is 30.2. The highest BCUT2D eigenvalue weighted by molar-refractivity contribution is 5.89. The van der Waals surface area contributed by atoms with Gasteiger partial charge in [0, 0.05) is 25.5 Å². The monoisotopic (exact) mass is 325 g/mol. The van der Waals surface area contributed by atoms with Gasteiger partial charge in [-0.2, -0.15) is 0 Å². The highest BCUT2D eigenvalue weighted by Gasteiger charge is 2.33. The third-order valence-electron chi connectivity index (χ3n) is 3.91. The smallest absolute Gasteiger partial charge is 0.249 e. The van der Waals surface area contributed by atoms with Crippen molar-refractivity contribution in [1.29, 1.82) is 0 Å². The number of carbonyl (C=O) groups excluding carboxylic acids is 2. The second-order valence-corrected chi connectivity index (χ2v) is 5.61. The second-order valence-electron chi connectivity index (χ2n) is 5.61. The Bertz CT molecular complexity index is 691. The number of nitrogens with one attached hydrogen (secondary N) is 1. The van der Waals surface area contributed by atoms with Crippen molar-refractivity contribution in [3.8, 4) is 0 Å². The molecule has 3 rings (SSSR count). The summed E-state index contributed by atoms with van der Waals surface area (Å²) in [5.41, 5.74) is 1.94. The number of ether oxygens (including phenoxy) is 1. The number of carbonyl (C=O) groups is 2. The fraction of sp³-hybridized carbons (Fsp3) is 0.278. The summed E-state index contributed by atoms with van der Waals surface area (Å²) in [6.45, 7) is 1.02. The molecule has 124 valence electrons. The standard InChI is InChI=1S/C18H19N3O3/c22-17-13-24-12-16(21(17)11-15-4-2-1-3-5-15)18(23)20-10-14-6-8-19-9-7-14/h1-9,16H,10-13H2,(H,20,23)/t16-/m1/s1. The van der Waals surface area contributed by atoms with Crippen LogP contribution in [0.4, 0.5) is 0 Å². The molecule has 0 saturated carbocycles. The molecule has 1 N–H and O–H groups in total. The quantitative estimate of drug-likeness (QED) is 0.894. The summed E-state index contributed by atoms with van der Waals surface area (Å²) in [7, 11) is 0. The molecule has 1 fully saturated rings. The first kappa shape index (κ1) is 16.1. The highest BCUT2D eigenvalue weighted by atomic mass is 16.5. The van der Waals surface area contributed by atoms with Crippen molar-refractivity contribution in [3.05, 3.63) is 66.0 Å². The molecule has 0 spiro atoms. The average Bonchev–Trinajstić information content (AvgIpc) is 2.63. The molecule has 1 aliphatic heterocycles. The van der Waals surface area contributed by atoms with Crippen LogP contribution in [-0.4, -0.2) is 41.0 Å². The lowest BCUT2D eigenvalue weighted by Gasteiger charge is -2.34. The van der Waals surface area contributed by atoms with Crippen molar-refractivity contribution in [2.75, 3.05) is 13.2 Å². The van der Waals surface area contributed by atoms with Crippen LogP contribution in [0.25, 0.3) is 0 Å². The molecule has 2 aromatic rings. The average molecular weight is 325 g/mol. The Hall–Kier alpha value is -2.73. The number of hydrogen-bond donors (Lipinski definition) is 1. The Morgan fingerprint density at radius 1 is 1.17 bits per heavy atom. The third kappa shape index (κ3) is 3.97. The minimum absolute atomic E-state index is 0.0148. The van der Waals surface area contributed by atoms with Gasteiger partial charge in [-0.15, -0.1) is 0 Å². The number of aromatic nitrogens is 1. The van der Waals surface area contributed by atoms with Gasteiger partial charge < -0.3 is 15.0 Å². The maximum atomic E-state index is 12.5. The predicted molar refractivity (Wildman–Crippen MR) is 87.7 cm³/mol. The SMILES string of the molecule is O=C(NCc1ccncc1)[C@H]1COCC(=O)N1Cc1ccccc1. The number of hydrogen-bond acceptors (Lipinski definition) is 4. The predicted octanol–water partition coefficient (Wildman–Crippen LogP) is 1.13. The molecule has 1 aliphatic rings. The summed E-state index contributed by atoms with van der Waals surface area (Å²) in [6, 6.07) is 12.7. The van der Waals surface area contributed by atoms with Crippen LogP contribution in [0.2, 0.25) is 0 Å². The molecule has 1 saturated heterocycles. The fourth-order valence-corrected chi connectivity index (χ4v) is 2.61. The van der Waals surface area contributed by atoms with Crippen molar-refractivity contribution in [2.45, 2.75) is 19.1 Å². The minimum atomic E-state index is -0.617. The molecule has 1 aromatic heterocycles.